The van der Waals surface area contributed by atoms with E-state index in [-0.39, 0.29) is 11.5 Å². The Balaban J connectivity index is 2.48. The highest BCUT2D eigenvalue weighted by Crippen LogP contribution is 2.29. The third kappa shape index (κ3) is 4.34. The maximum atomic E-state index is 12.8. The molecule has 0 aliphatic heterocycles. The number of nitro benzene ring substituents is 1. The number of hydrogen-bond acceptors (Lipinski definition) is 5. The minimum Gasteiger partial charge on any atom is -0.377 e. The lowest BCUT2D eigenvalue weighted by Crippen LogP contribution is -2.16. The first kappa shape index (κ1) is 18.9. The zero-order valence-corrected chi connectivity index (χ0v) is 15.1. The average molecular weight is 364 g/mol. The maximum absolute atomic E-state index is 12.8. The van der Waals surface area contributed by atoms with Gasteiger partial charge in [-0.15, -0.1) is 0 Å². The summed E-state index contributed by atoms with van der Waals surface area (Å²) in [7, 11) is -4.12. The Morgan fingerprint density at radius 3 is 2.44 bits per heavy atom. The molecule has 2 rings (SSSR count). The second-order valence-corrected chi connectivity index (χ2v) is 7.21. The predicted molar refractivity (Wildman–Crippen MR) is 95.2 cm³/mol. The van der Waals surface area contributed by atoms with Crippen molar-refractivity contribution in [2.75, 3.05) is 11.3 Å². The van der Waals surface area contributed by atoms with Crippen molar-refractivity contribution in [2.45, 2.75) is 32.3 Å². The molecule has 0 unspecified atom stereocenters. The Bertz CT molecular complexity index is 894. The summed E-state index contributed by atoms with van der Waals surface area (Å²) < 4.78 is 33.3. The largest absolute Gasteiger partial charge is 0.377 e. The second-order valence-electron chi connectivity index (χ2n) is 5.56. The van der Waals surface area contributed by atoms with Crippen molar-refractivity contribution < 1.29 is 18.1 Å². The van der Waals surface area contributed by atoms with Gasteiger partial charge >= 0.3 is 0 Å². The molecule has 2 aromatic carbocycles. The fourth-order valence-corrected chi connectivity index (χ4v) is 3.63. The van der Waals surface area contributed by atoms with E-state index in [2.05, 4.69) is 4.72 Å². The number of sulfonamides is 1. The maximum Gasteiger partial charge on any atom is 0.290 e. The summed E-state index contributed by atoms with van der Waals surface area (Å²) in [4.78, 5) is 10.2. The molecule has 0 saturated carbocycles. The Morgan fingerprint density at radius 2 is 1.80 bits per heavy atom. The standard InChI is InChI=1S/C17H20N2O5S/c1-4-24-11-14-7-5-6-8-15(14)18-25(22,23)17-10-13(3)12(2)9-16(17)19(20)21/h5-10,18H,4,11H2,1-3H3. The van der Waals surface area contributed by atoms with Gasteiger partial charge in [0.2, 0.25) is 0 Å². The van der Waals surface area contributed by atoms with Crippen molar-refractivity contribution in [3.8, 4) is 0 Å². The number of nitrogens with one attached hydrogen (secondary N) is 1. The molecule has 8 heteroatoms. The summed E-state index contributed by atoms with van der Waals surface area (Å²) in [5.74, 6) is 0. The third-order valence-electron chi connectivity index (χ3n) is 3.78. The molecule has 0 aliphatic rings. The number of para-hydroxylation sites is 1. The number of nitro groups is 1. The minimum atomic E-state index is -4.12. The van der Waals surface area contributed by atoms with E-state index in [1.807, 2.05) is 6.92 Å². The summed E-state index contributed by atoms with van der Waals surface area (Å²) in [5, 5.41) is 11.3. The van der Waals surface area contributed by atoms with Crippen LogP contribution in [0.4, 0.5) is 11.4 Å². The van der Waals surface area contributed by atoms with Gasteiger partial charge in [0, 0.05) is 18.2 Å². The van der Waals surface area contributed by atoms with Crippen molar-refractivity contribution in [2.24, 2.45) is 0 Å². The topological polar surface area (TPSA) is 98.5 Å². The smallest absolute Gasteiger partial charge is 0.290 e. The summed E-state index contributed by atoms with van der Waals surface area (Å²) in [6.07, 6.45) is 0. The fraction of sp³-hybridized carbons (Fsp3) is 0.294. The van der Waals surface area contributed by atoms with Gasteiger partial charge in [-0.3, -0.25) is 14.8 Å². The van der Waals surface area contributed by atoms with Gasteiger partial charge in [0.1, 0.15) is 0 Å². The van der Waals surface area contributed by atoms with E-state index in [1.165, 1.54) is 12.1 Å². The zero-order valence-electron chi connectivity index (χ0n) is 14.3. The highest BCUT2D eigenvalue weighted by Gasteiger charge is 2.27. The van der Waals surface area contributed by atoms with E-state index >= 15 is 0 Å². The number of anilines is 1. The molecular weight excluding hydrogens is 344 g/mol. The van der Waals surface area contributed by atoms with Gasteiger partial charge in [0.05, 0.1) is 17.2 Å². The van der Waals surface area contributed by atoms with E-state index in [9.17, 15) is 18.5 Å². The van der Waals surface area contributed by atoms with Gasteiger partial charge in [0.25, 0.3) is 15.7 Å². The van der Waals surface area contributed by atoms with Crippen molar-refractivity contribution in [3.63, 3.8) is 0 Å². The molecule has 0 amide bonds. The molecule has 0 radical (unpaired) electrons. The van der Waals surface area contributed by atoms with Crippen LogP contribution in [-0.2, 0) is 21.4 Å². The van der Waals surface area contributed by atoms with E-state index in [4.69, 9.17) is 4.74 Å². The van der Waals surface area contributed by atoms with Crippen LogP contribution in [0, 0.1) is 24.0 Å². The number of benzene rings is 2. The van der Waals surface area contributed by atoms with E-state index < -0.39 is 20.6 Å². The summed E-state index contributed by atoms with van der Waals surface area (Å²) >= 11 is 0. The average Bonchev–Trinajstić information content (AvgIpc) is 2.55. The molecule has 134 valence electrons. The number of aryl methyl sites for hydroxylation is 2. The number of rotatable bonds is 7. The van der Waals surface area contributed by atoms with E-state index in [1.54, 1.807) is 38.1 Å². The molecule has 2 aromatic rings. The predicted octanol–water partition coefficient (Wildman–Crippen LogP) is 3.55. The molecule has 0 heterocycles. The molecule has 25 heavy (non-hydrogen) atoms. The van der Waals surface area contributed by atoms with Crippen molar-refractivity contribution in [1.82, 2.24) is 0 Å². The Labute approximate surface area is 146 Å². The lowest BCUT2D eigenvalue weighted by Gasteiger charge is -2.13. The number of nitrogens with zero attached hydrogens (tertiary/aromatic N) is 1. The molecule has 0 bridgehead atoms. The first-order valence-electron chi connectivity index (χ1n) is 7.70. The van der Waals surface area contributed by atoms with Crippen molar-refractivity contribution in [1.29, 1.82) is 0 Å². The quantitative estimate of drug-likeness (QED) is 0.598. The number of hydrogen-bond donors (Lipinski definition) is 1. The first-order valence-corrected chi connectivity index (χ1v) is 9.18. The monoisotopic (exact) mass is 364 g/mol. The van der Waals surface area contributed by atoms with Crippen LogP contribution in [0.25, 0.3) is 0 Å². The van der Waals surface area contributed by atoms with Crippen LogP contribution < -0.4 is 4.72 Å². The summed E-state index contributed by atoms with van der Waals surface area (Å²) in [6.45, 7) is 5.98. The number of ether oxygens (including phenoxy) is 1. The highest BCUT2D eigenvalue weighted by atomic mass is 32.2. The Hall–Kier alpha value is -2.45. The molecule has 0 atom stereocenters. The minimum absolute atomic E-state index is 0.240. The third-order valence-corrected chi connectivity index (χ3v) is 5.18. The fourth-order valence-electron chi connectivity index (χ4n) is 2.29. The van der Waals surface area contributed by atoms with E-state index in [0.717, 1.165) is 0 Å². The van der Waals surface area contributed by atoms with Crippen LogP contribution in [0.2, 0.25) is 0 Å². The Morgan fingerprint density at radius 1 is 1.16 bits per heavy atom. The molecule has 7 nitrogen and oxygen atoms in total. The Kier molecular flexibility index (Phi) is 5.76. The molecule has 1 N–H and O–H groups in total. The summed E-state index contributed by atoms with van der Waals surface area (Å²) in [5.41, 5.74) is 1.86. The highest BCUT2D eigenvalue weighted by molar-refractivity contribution is 7.92. The van der Waals surface area contributed by atoms with Gasteiger partial charge in [-0.25, -0.2) is 8.42 Å². The van der Waals surface area contributed by atoms with Crippen LogP contribution in [0.5, 0.6) is 0 Å². The molecule has 0 fully saturated rings. The second kappa shape index (κ2) is 7.62. The van der Waals surface area contributed by atoms with Crippen LogP contribution in [0.3, 0.4) is 0 Å². The van der Waals surface area contributed by atoms with Gasteiger partial charge in [-0.2, -0.15) is 0 Å². The lowest BCUT2D eigenvalue weighted by molar-refractivity contribution is -0.387. The normalized spacial score (nSPS) is 11.3. The van der Waals surface area contributed by atoms with Gasteiger partial charge < -0.3 is 4.74 Å². The lowest BCUT2D eigenvalue weighted by atomic mass is 10.1. The van der Waals surface area contributed by atoms with Crippen LogP contribution in [0.1, 0.15) is 23.6 Å². The summed E-state index contributed by atoms with van der Waals surface area (Å²) in [6, 6.07) is 9.38. The van der Waals surface area contributed by atoms with Crippen LogP contribution in [-0.4, -0.2) is 19.9 Å². The van der Waals surface area contributed by atoms with Crippen LogP contribution >= 0.6 is 0 Å². The van der Waals surface area contributed by atoms with Crippen molar-refractivity contribution >= 4 is 21.4 Å². The molecule has 0 spiro atoms. The van der Waals surface area contributed by atoms with Crippen molar-refractivity contribution in [3.05, 3.63) is 63.2 Å². The van der Waals surface area contributed by atoms with Gasteiger partial charge in [-0.1, -0.05) is 18.2 Å². The molecule has 0 saturated heterocycles. The molecule has 0 aromatic heterocycles. The SMILES string of the molecule is CCOCc1ccccc1NS(=O)(=O)c1cc(C)c(C)cc1[N+](=O)[O-]. The zero-order chi connectivity index (χ0) is 18.6. The molecule has 0 aliphatic carbocycles. The van der Waals surface area contributed by atoms with Gasteiger partial charge in [-0.05, 0) is 44.0 Å². The molecular formula is C17H20N2O5S. The van der Waals surface area contributed by atoms with E-state index in [0.29, 0.717) is 29.0 Å². The van der Waals surface area contributed by atoms with Crippen LogP contribution in [0.15, 0.2) is 41.3 Å². The first-order chi connectivity index (χ1) is 11.8. The van der Waals surface area contributed by atoms with Gasteiger partial charge in [0.15, 0.2) is 4.90 Å².